The summed E-state index contributed by atoms with van der Waals surface area (Å²) in [4.78, 5) is 11.1. The molecule has 0 heterocycles. The summed E-state index contributed by atoms with van der Waals surface area (Å²) in [6, 6.07) is 6.19. The van der Waals surface area contributed by atoms with Crippen molar-refractivity contribution in [1.82, 2.24) is 10.0 Å². The number of nitrogens with one attached hydrogen (secondary N) is 2. The number of hydrogen-bond donors (Lipinski definition) is 3. The van der Waals surface area contributed by atoms with Gasteiger partial charge in [-0.15, -0.1) is 0 Å². The SMILES string of the molecule is CNC(=O)CCNS(=O)(=O)c1cccc(C#CCCO)c1. The summed E-state index contributed by atoms with van der Waals surface area (Å²) in [5, 5.41) is 11.1. The third-order valence-corrected chi connectivity index (χ3v) is 4.00. The molecule has 0 aliphatic carbocycles. The summed E-state index contributed by atoms with van der Waals surface area (Å²) in [5.41, 5.74) is 0.553. The first kappa shape index (κ1) is 17.2. The van der Waals surface area contributed by atoms with Gasteiger partial charge >= 0.3 is 0 Å². The molecule has 0 aliphatic rings. The van der Waals surface area contributed by atoms with Gasteiger partial charge in [-0.3, -0.25) is 4.79 Å². The van der Waals surface area contributed by atoms with E-state index in [1.54, 1.807) is 12.1 Å². The standard InChI is InChI=1S/C14H18N2O4S/c1-15-14(18)8-9-16-21(19,20)13-7-4-6-12(11-13)5-2-3-10-17/h4,6-7,11,16-17H,3,8-10H2,1H3,(H,15,18). The molecular weight excluding hydrogens is 292 g/mol. The molecule has 0 aliphatic heterocycles. The van der Waals surface area contributed by atoms with Gasteiger partial charge in [0.2, 0.25) is 15.9 Å². The second kappa shape index (κ2) is 8.42. The van der Waals surface area contributed by atoms with Crippen LogP contribution in [0.2, 0.25) is 0 Å². The number of carbonyl (C=O) groups is 1. The van der Waals surface area contributed by atoms with Crippen LogP contribution in [0.15, 0.2) is 29.2 Å². The molecule has 7 heteroatoms. The van der Waals surface area contributed by atoms with Gasteiger partial charge in [0.25, 0.3) is 0 Å². The van der Waals surface area contributed by atoms with Crippen molar-refractivity contribution in [3.05, 3.63) is 29.8 Å². The van der Waals surface area contributed by atoms with Crippen LogP contribution in [0.5, 0.6) is 0 Å². The molecule has 0 saturated carbocycles. The van der Waals surface area contributed by atoms with Crippen LogP contribution in [0.3, 0.4) is 0 Å². The van der Waals surface area contributed by atoms with Crippen molar-refractivity contribution in [3.8, 4) is 11.8 Å². The second-order valence-electron chi connectivity index (χ2n) is 4.12. The third-order valence-electron chi connectivity index (χ3n) is 2.54. The number of carbonyl (C=O) groups excluding carboxylic acids is 1. The number of hydrogen-bond acceptors (Lipinski definition) is 4. The van der Waals surface area contributed by atoms with Gasteiger partial charge in [-0.25, -0.2) is 13.1 Å². The van der Waals surface area contributed by atoms with Gasteiger partial charge in [-0.05, 0) is 18.2 Å². The molecule has 0 aromatic heterocycles. The zero-order valence-corrected chi connectivity index (χ0v) is 12.5. The second-order valence-corrected chi connectivity index (χ2v) is 5.89. The van der Waals surface area contributed by atoms with E-state index in [1.807, 2.05) is 0 Å². The predicted molar refractivity (Wildman–Crippen MR) is 78.9 cm³/mol. The molecule has 0 saturated heterocycles. The van der Waals surface area contributed by atoms with E-state index in [1.165, 1.54) is 19.2 Å². The Kier molecular flexibility index (Phi) is 6.88. The summed E-state index contributed by atoms with van der Waals surface area (Å²) in [5.74, 6) is 5.27. The van der Waals surface area contributed by atoms with E-state index in [0.717, 1.165) is 0 Å². The van der Waals surface area contributed by atoms with E-state index >= 15 is 0 Å². The van der Waals surface area contributed by atoms with Crippen LogP contribution in [-0.4, -0.2) is 39.6 Å². The molecule has 21 heavy (non-hydrogen) atoms. The maximum Gasteiger partial charge on any atom is 0.240 e. The van der Waals surface area contributed by atoms with Crippen molar-refractivity contribution in [1.29, 1.82) is 0 Å². The van der Waals surface area contributed by atoms with Gasteiger partial charge in [0.05, 0.1) is 11.5 Å². The maximum absolute atomic E-state index is 12.1. The molecule has 6 nitrogen and oxygen atoms in total. The minimum absolute atomic E-state index is 0.0302. The number of benzene rings is 1. The molecule has 1 rings (SSSR count). The van der Waals surface area contributed by atoms with Crippen molar-refractivity contribution in [3.63, 3.8) is 0 Å². The van der Waals surface area contributed by atoms with Crippen LogP contribution in [0.1, 0.15) is 18.4 Å². The Morgan fingerprint density at radius 1 is 1.38 bits per heavy atom. The zero-order chi connectivity index (χ0) is 15.7. The first-order valence-electron chi connectivity index (χ1n) is 6.39. The lowest BCUT2D eigenvalue weighted by Gasteiger charge is -2.06. The van der Waals surface area contributed by atoms with E-state index in [2.05, 4.69) is 21.9 Å². The lowest BCUT2D eigenvalue weighted by Crippen LogP contribution is -2.29. The number of rotatable bonds is 6. The molecule has 1 amide bonds. The summed E-state index contributed by atoms with van der Waals surface area (Å²) < 4.78 is 26.5. The first-order valence-corrected chi connectivity index (χ1v) is 7.88. The minimum Gasteiger partial charge on any atom is -0.395 e. The summed E-state index contributed by atoms with van der Waals surface area (Å²) in [6.45, 7) is -0.00549. The fourth-order valence-corrected chi connectivity index (χ4v) is 2.55. The minimum atomic E-state index is -3.66. The van der Waals surface area contributed by atoms with Gasteiger partial charge in [0, 0.05) is 32.0 Å². The Labute approximate surface area is 124 Å². The largest absolute Gasteiger partial charge is 0.395 e. The van der Waals surface area contributed by atoms with E-state index in [-0.39, 0.29) is 30.4 Å². The third kappa shape index (κ3) is 5.95. The van der Waals surface area contributed by atoms with Gasteiger partial charge < -0.3 is 10.4 Å². The highest BCUT2D eigenvalue weighted by atomic mass is 32.2. The van der Waals surface area contributed by atoms with Crippen molar-refractivity contribution in [2.75, 3.05) is 20.2 Å². The van der Waals surface area contributed by atoms with E-state index < -0.39 is 10.0 Å². The van der Waals surface area contributed by atoms with Crippen molar-refractivity contribution in [2.24, 2.45) is 0 Å². The number of aliphatic hydroxyl groups excluding tert-OH is 1. The monoisotopic (exact) mass is 310 g/mol. The van der Waals surface area contributed by atoms with Gasteiger partial charge in [-0.1, -0.05) is 17.9 Å². The molecule has 0 fully saturated rings. The predicted octanol–water partition coefficient (Wildman–Crippen LogP) is -0.165. The Morgan fingerprint density at radius 2 is 2.14 bits per heavy atom. The van der Waals surface area contributed by atoms with Crippen LogP contribution in [0.4, 0.5) is 0 Å². The molecule has 1 aromatic rings. The fraction of sp³-hybridized carbons (Fsp3) is 0.357. The highest BCUT2D eigenvalue weighted by Crippen LogP contribution is 2.10. The molecule has 1 aromatic carbocycles. The van der Waals surface area contributed by atoms with Crippen LogP contribution >= 0.6 is 0 Å². The average molecular weight is 310 g/mol. The molecule has 0 atom stereocenters. The zero-order valence-electron chi connectivity index (χ0n) is 11.7. The van der Waals surface area contributed by atoms with Crippen LogP contribution in [0.25, 0.3) is 0 Å². The smallest absolute Gasteiger partial charge is 0.240 e. The Morgan fingerprint density at radius 3 is 2.81 bits per heavy atom. The van der Waals surface area contributed by atoms with Crippen LogP contribution in [-0.2, 0) is 14.8 Å². The summed E-state index contributed by atoms with van der Waals surface area (Å²) in [6.07, 6.45) is 0.410. The molecule has 0 bridgehead atoms. The fourth-order valence-electron chi connectivity index (χ4n) is 1.47. The molecule has 0 spiro atoms. The molecule has 3 N–H and O–H groups in total. The quantitative estimate of drug-likeness (QED) is 0.636. The highest BCUT2D eigenvalue weighted by Gasteiger charge is 2.14. The highest BCUT2D eigenvalue weighted by molar-refractivity contribution is 7.89. The van der Waals surface area contributed by atoms with Gasteiger partial charge in [0.15, 0.2) is 0 Å². The Bertz CT molecular complexity index is 644. The van der Waals surface area contributed by atoms with Gasteiger partial charge in [-0.2, -0.15) is 0 Å². The van der Waals surface area contributed by atoms with E-state index in [9.17, 15) is 13.2 Å². The van der Waals surface area contributed by atoms with Crippen molar-refractivity contribution < 1.29 is 18.3 Å². The van der Waals surface area contributed by atoms with Crippen LogP contribution < -0.4 is 10.0 Å². The van der Waals surface area contributed by atoms with Gasteiger partial charge in [0.1, 0.15) is 0 Å². The lowest BCUT2D eigenvalue weighted by atomic mass is 10.2. The number of amides is 1. The van der Waals surface area contributed by atoms with Crippen molar-refractivity contribution in [2.45, 2.75) is 17.7 Å². The summed E-state index contributed by atoms with van der Waals surface area (Å²) >= 11 is 0. The molecule has 0 radical (unpaired) electrons. The Hall–Kier alpha value is -1.88. The van der Waals surface area contributed by atoms with E-state index in [4.69, 9.17) is 5.11 Å². The normalized spacial score (nSPS) is 10.6. The lowest BCUT2D eigenvalue weighted by molar-refractivity contribution is -0.120. The van der Waals surface area contributed by atoms with Crippen LogP contribution in [0, 0.1) is 11.8 Å². The number of aliphatic hydroxyl groups is 1. The average Bonchev–Trinajstić information content (AvgIpc) is 2.47. The summed E-state index contributed by atoms with van der Waals surface area (Å²) in [7, 11) is -2.17. The maximum atomic E-state index is 12.1. The number of sulfonamides is 1. The molecule has 114 valence electrons. The van der Waals surface area contributed by atoms with Crippen molar-refractivity contribution >= 4 is 15.9 Å². The molecular formula is C14H18N2O4S. The topological polar surface area (TPSA) is 95.5 Å². The molecule has 0 unspecified atom stereocenters. The van der Waals surface area contributed by atoms with E-state index in [0.29, 0.717) is 12.0 Å². The Balaban J connectivity index is 2.77. The first-order chi connectivity index (χ1) is 9.99.